The Hall–Kier alpha value is -2.16. The quantitative estimate of drug-likeness (QED) is 0.471. The van der Waals surface area contributed by atoms with Crippen LogP contribution in [0.25, 0.3) is 10.9 Å². The van der Waals surface area contributed by atoms with E-state index in [4.69, 9.17) is 0 Å². The number of amidine groups is 1. The number of benzene rings is 1. The van der Waals surface area contributed by atoms with Crippen LogP contribution in [0.15, 0.2) is 23.2 Å². The second-order valence-electron chi connectivity index (χ2n) is 9.45. The van der Waals surface area contributed by atoms with Gasteiger partial charge < -0.3 is 21.1 Å². The van der Waals surface area contributed by atoms with Crippen molar-refractivity contribution < 1.29 is 9.90 Å². The largest absolute Gasteiger partial charge is 0.391 e. The van der Waals surface area contributed by atoms with Crippen LogP contribution in [-0.2, 0) is 0 Å². The Balaban J connectivity index is 0.00000204. The number of hydrogen-bond donors (Lipinski definition) is 4. The van der Waals surface area contributed by atoms with Crippen molar-refractivity contribution in [2.24, 2.45) is 10.9 Å². The molecule has 1 aliphatic carbocycles. The summed E-state index contributed by atoms with van der Waals surface area (Å²) in [4.78, 5) is 26.3. The molecule has 1 aliphatic heterocycles. The van der Waals surface area contributed by atoms with E-state index in [1.807, 2.05) is 19.1 Å². The maximum absolute atomic E-state index is 12.7. The second-order valence-corrected chi connectivity index (χ2v) is 9.45. The third-order valence-corrected chi connectivity index (χ3v) is 6.09. The van der Waals surface area contributed by atoms with Gasteiger partial charge in [0.25, 0.3) is 5.91 Å². The highest BCUT2D eigenvalue weighted by Crippen LogP contribution is 2.27. The average Bonchev–Trinajstić information content (AvgIpc) is 3.18. The highest BCUT2D eigenvalue weighted by atomic mass is 35.5. The Bertz CT molecular complexity index is 1020. The summed E-state index contributed by atoms with van der Waals surface area (Å²) in [6, 6.07) is 6.36. The highest BCUT2D eigenvalue weighted by Gasteiger charge is 2.29. The highest BCUT2D eigenvalue weighted by molar-refractivity contribution is 5.96. The number of amides is 1. The molecule has 3 atom stereocenters. The summed E-state index contributed by atoms with van der Waals surface area (Å²) in [6.07, 6.45) is 4.51. The lowest BCUT2D eigenvalue weighted by atomic mass is 9.90. The fraction of sp³-hybridized carbons (Fsp3) is 0.583. The van der Waals surface area contributed by atoms with Crippen molar-refractivity contribution in [1.29, 1.82) is 0 Å². The number of hydrogen-bond acceptors (Lipinski definition) is 7. The monoisotopic (exact) mass is 510 g/mol. The first-order valence-corrected chi connectivity index (χ1v) is 11.7. The number of aliphatic imine (C=N–C) groups is 1. The molecule has 1 aromatic heterocycles. The minimum absolute atomic E-state index is 0. The minimum atomic E-state index is -0.381. The number of carbonyl (C=O) groups is 1. The summed E-state index contributed by atoms with van der Waals surface area (Å²) in [7, 11) is 0. The molecule has 2 aliphatic rings. The van der Waals surface area contributed by atoms with Crippen molar-refractivity contribution in [3.8, 4) is 0 Å². The molecule has 10 heteroatoms. The van der Waals surface area contributed by atoms with Gasteiger partial charge in [-0.05, 0) is 37.8 Å². The maximum Gasteiger partial charge on any atom is 0.289 e. The third-order valence-electron chi connectivity index (χ3n) is 6.09. The number of carbonyl (C=O) groups excluding carboxylic acids is 1. The maximum atomic E-state index is 12.7. The van der Waals surface area contributed by atoms with Gasteiger partial charge in [0, 0.05) is 30.4 Å². The van der Waals surface area contributed by atoms with E-state index in [1.54, 1.807) is 0 Å². The Morgan fingerprint density at radius 3 is 2.47 bits per heavy atom. The topological polar surface area (TPSA) is 112 Å². The van der Waals surface area contributed by atoms with Crippen molar-refractivity contribution in [1.82, 2.24) is 20.6 Å². The number of nitrogens with one attached hydrogen (secondary N) is 3. The smallest absolute Gasteiger partial charge is 0.289 e. The van der Waals surface area contributed by atoms with Crippen molar-refractivity contribution in [3.05, 3.63) is 29.6 Å². The number of fused-ring (bicyclic) bond motifs is 1. The van der Waals surface area contributed by atoms with Gasteiger partial charge in [-0.2, -0.15) is 0 Å². The Kier molecular flexibility index (Phi) is 10.3. The summed E-state index contributed by atoms with van der Waals surface area (Å²) in [5, 5.41) is 20.8. The first-order chi connectivity index (χ1) is 15.4. The van der Waals surface area contributed by atoms with Gasteiger partial charge in [-0.15, -0.1) is 24.8 Å². The van der Waals surface area contributed by atoms with Gasteiger partial charge in [-0.1, -0.05) is 38.3 Å². The predicted octanol–water partition coefficient (Wildman–Crippen LogP) is 3.64. The molecular weight excluding hydrogens is 475 g/mol. The van der Waals surface area contributed by atoms with Crippen LogP contribution in [-0.4, -0.2) is 58.1 Å². The van der Waals surface area contributed by atoms with Crippen molar-refractivity contribution in [3.63, 3.8) is 0 Å². The molecule has 188 valence electrons. The molecule has 34 heavy (non-hydrogen) atoms. The molecule has 4 N–H and O–H groups in total. The third kappa shape index (κ3) is 6.93. The fourth-order valence-electron chi connectivity index (χ4n) is 4.37. The Morgan fingerprint density at radius 1 is 1.12 bits per heavy atom. The lowest BCUT2D eigenvalue weighted by Crippen LogP contribution is -2.48. The van der Waals surface area contributed by atoms with Crippen LogP contribution in [0, 0.1) is 12.8 Å². The molecule has 0 saturated heterocycles. The van der Waals surface area contributed by atoms with E-state index in [1.165, 1.54) is 0 Å². The fourth-order valence-corrected chi connectivity index (χ4v) is 4.37. The molecule has 0 radical (unpaired) electrons. The van der Waals surface area contributed by atoms with E-state index in [-0.39, 0.29) is 54.7 Å². The van der Waals surface area contributed by atoms with E-state index in [0.717, 1.165) is 48.0 Å². The standard InChI is InChI=1S/C24H34N6O2.2ClH/c1-14(2)12-26-24(32)23-28-18-9-8-15(3)10-17(18)22(30-23)29-20-7-5-4-6-19(20)27-21-11-16(31)13-25-21;;/h8-10,14,16,19-20,31H,4-7,11-13H2,1-3H3,(H,25,27)(H,26,32)(H,28,29,30);2*1H/t16-,19+,20-;;/m0../s1. The van der Waals surface area contributed by atoms with E-state index in [2.05, 4.69) is 50.8 Å². The summed E-state index contributed by atoms with van der Waals surface area (Å²) < 4.78 is 0. The second kappa shape index (κ2) is 12.5. The Labute approximate surface area is 213 Å². The SMILES string of the molecule is Cc1ccc2nc(C(=O)NCC(C)C)nc(N[C@H]3CCCC[C@H]3NC3=NC[C@@H](O)C3)c2c1.Cl.Cl. The minimum Gasteiger partial charge on any atom is -0.391 e. The predicted molar refractivity (Wildman–Crippen MR) is 142 cm³/mol. The van der Waals surface area contributed by atoms with E-state index in [9.17, 15) is 9.90 Å². The summed E-state index contributed by atoms with van der Waals surface area (Å²) in [5.74, 6) is 1.87. The number of rotatable bonds is 6. The van der Waals surface area contributed by atoms with Gasteiger partial charge in [0.05, 0.1) is 24.0 Å². The van der Waals surface area contributed by atoms with Crippen LogP contribution < -0.4 is 16.0 Å². The van der Waals surface area contributed by atoms with Crippen LogP contribution in [0.4, 0.5) is 5.82 Å². The first kappa shape index (κ1) is 28.1. The number of aromatic nitrogens is 2. The van der Waals surface area contributed by atoms with Crippen molar-refractivity contribution in [2.45, 2.75) is 71.1 Å². The molecule has 0 bridgehead atoms. The van der Waals surface area contributed by atoms with Gasteiger partial charge in [-0.25, -0.2) is 9.97 Å². The lowest BCUT2D eigenvalue weighted by molar-refractivity contribution is 0.0939. The van der Waals surface area contributed by atoms with E-state index < -0.39 is 0 Å². The molecule has 1 amide bonds. The molecule has 1 fully saturated rings. The summed E-state index contributed by atoms with van der Waals surface area (Å²) in [6.45, 7) is 7.21. The van der Waals surface area contributed by atoms with Crippen LogP contribution >= 0.6 is 24.8 Å². The molecule has 2 aromatic rings. The van der Waals surface area contributed by atoms with Gasteiger partial charge in [0.2, 0.25) is 5.82 Å². The number of aryl methyl sites for hydroxylation is 1. The van der Waals surface area contributed by atoms with Crippen molar-refractivity contribution in [2.75, 3.05) is 18.4 Å². The van der Waals surface area contributed by atoms with Crippen LogP contribution in [0.5, 0.6) is 0 Å². The number of anilines is 1. The lowest BCUT2D eigenvalue weighted by Gasteiger charge is -2.34. The normalized spacial score (nSPS) is 21.9. The number of nitrogens with zero attached hydrogens (tertiary/aromatic N) is 3. The summed E-state index contributed by atoms with van der Waals surface area (Å²) >= 11 is 0. The molecule has 2 heterocycles. The van der Waals surface area contributed by atoms with E-state index in [0.29, 0.717) is 31.2 Å². The number of aliphatic hydroxyl groups excluding tert-OH is 1. The molecular formula is C24H36Cl2N6O2. The zero-order valence-corrected chi connectivity index (χ0v) is 21.6. The van der Waals surface area contributed by atoms with Gasteiger partial charge >= 0.3 is 0 Å². The van der Waals surface area contributed by atoms with Gasteiger partial charge in [0.15, 0.2) is 0 Å². The molecule has 1 aromatic carbocycles. The van der Waals surface area contributed by atoms with Crippen molar-refractivity contribution >= 4 is 53.3 Å². The first-order valence-electron chi connectivity index (χ1n) is 11.7. The molecule has 0 unspecified atom stereocenters. The molecule has 0 spiro atoms. The zero-order chi connectivity index (χ0) is 22.7. The Morgan fingerprint density at radius 2 is 1.82 bits per heavy atom. The average molecular weight is 511 g/mol. The molecule has 1 saturated carbocycles. The number of aliphatic hydroxyl groups is 1. The zero-order valence-electron chi connectivity index (χ0n) is 20.0. The summed E-state index contributed by atoms with van der Waals surface area (Å²) in [5.41, 5.74) is 1.88. The van der Waals surface area contributed by atoms with Crippen LogP contribution in [0.1, 0.15) is 62.1 Å². The van der Waals surface area contributed by atoms with Crippen LogP contribution in [0.3, 0.4) is 0 Å². The molecule has 4 rings (SSSR count). The van der Waals surface area contributed by atoms with Gasteiger partial charge in [-0.3, -0.25) is 9.79 Å². The van der Waals surface area contributed by atoms with E-state index >= 15 is 0 Å². The van der Waals surface area contributed by atoms with Crippen LogP contribution in [0.2, 0.25) is 0 Å². The number of halogens is 2. The van der Waals surface area contributed by atoms with Gasteiger partial charge in [0.1, 0.15) is 5.82 Å². The molecule has 8 nitrogen and oxygen atoms in total.